The van der Waals surface area contributed by atoms with E-state index < -0.39 is 9.05 Å². The number of hydrogen-bond acceptors (Lipinski definition) is 4. The van der Waals surface area contributed by atoms with Crippen LogP contribution >= 0.6 is 10.7 Å². The lowest BCUT2D eigenvalue weighted by molar-refractivity contribution is 0.0908. The second kappa shape index (κ2) is 7.83. The smallest absolute Gasteiger partial charge is 0.410 e. The lowest BCUT2D eigenvalue weighted by Gasteiger charge is -2.24. The molecule has 5 nitrogen and oxygen atoms in total. The number of carbonyl (C=O) groups is 1. The van der Waals surface area contributed by atoms with Crippen molar-refractivity contribution in [3.63, 3.8) is 0 Å². The first kappa shape index (κ1) is 17.1. The number of nitrogens with zero attached hydrogens (tertiary/aromatic N) is 1. The molecule has 7 heteroatoms. The molecule has 1 aromatic carbocycles. The Morgan fingerprint density at radius 2 is 2.05 bits per heavy atom. The first-order chi connectivity index (χ1) is 10.5. The third-order valence-corrected chi connectivity index (χ3v) is 4.98. The predicted octanol–water partition coefficient (Wildman–Crippen LogP) is 3.14. The predicted molar refractivity (Wildman–Crippen MR) is 85.2 cm³/mol. The summed E-state index contributed by atoms with van der Waals surface area (Å²) in [5.41, 5.74) is 0.944. The van der Waals surface area contributed by atoms with Crippen LogP contribution in [0, 0.1) is 0 Å². The van der Waals surface area contributed by atoms with E-state index in [-0.39, 0.29) is 24.5 Å². The van der Waals surface area contributed by atoms with Crippen molar-refractivity contribution >= 4 is 25.8 Å². The lowest BCUT2D eigenvalue weighted by Crippen LogP contribution is -2.36. The van der Waals surface area contributed by atoms with Crippen LogP contribution in [0.2, 0.25) is 0 Å². The number of amides is 1. The molecule has 1 aliphatic rings. The summed E-state index contributed by atoms with van der Waals surface area (Å²) in [6.07, 6.45) is 2.55. The van der Waals surface area contributed by atoms with Gasteiger partial charge >= 0.3 is 6.09 Å². The second-order valence-corrected chi connectivity index (χ2v) is 8.31. The molecule has 0 saturated carbocycles. The monoisotopic (exact) mass is 345 g/mol. The number of benzene rings is 1. The van der Waals surface area contributed by atoms with Crippen molar-refractivity contribution in [2.45, 2.75) is 38.3 Å². The van der Waals surface area contributed by atoms with Gasteiger partial charge in [0.05, 0.1) is 5.75 Å². The SMILES string of the molecule is O=C(OCc1ccccc1)N1CCCC1CCCS(=O)(=O)Cl. The zero-order chi connectivity index (χ0) is 16.0. The molecule has 0 bridgehead atoms. The molecular weight excluding hydrogens is 326 g/mol. The minimum Gasteiger partial charge on any atom is -0.445 e. The minimum absolute atomic E-state index is 0.0432. The average Bonchev–Trinajstić information content (AvgIpc) is 2.93. The van der Waals surface area contributed by atoms with Crippen LogP contribution in [0.15, 0.2) is 30.3 Å². The highest BCUT2D eigenvalue weighted by molar-refractivity contribution is 8.13. The molecule has 1 aromatic rings. The first-order valence-corrected chi connectivity index (χ1v) is 9.83. The average molecular weight is 346 g/mol. The van der Waals surface area contributed by atoms with Gasteiger partial charge in [-0.3, -0.25) is 0 Å². The molecule has 0 aliphatic carbocycles. The van der Waals surface area contributed by atoms with Gasteiger partial charge in [-0.05, 0) is 31.2 Å². The standard InChI is InChI=1S/C15H20ClNO4S/c16-22(19,20)11-5-9-14-8-4-10-17(14)15(18)21-12-13-6-2-1-3-7-13/h1-3,6-7,14H,4-5,8-12H2. The number of ether oxygens (including phenoxy) is 1. The molecule has 1 atom stereocenters. The summed E-state index contributed by atoms with van der Waals surface area (Å²) in [5, 5.41) is 0. The van der Waals surface area contributed by atoms with E-state index in [1.807, 2.05) is 30.3 Å². The summed E-state index contributed by atoms with van der Waals surface area (Å²) in [6.45, 7) is 0.908. The Morgan fingerprint density at radius 3 is 2.73 bits per heavy atom. The van der Waals surface area contributed by atoms with E-state index in [1.165, 1.54) is 0 Å². The van der Waals surface area contributed by atoms with Crippen LogP contribution in [-0.2, 0) is 20.4 Å². The molecule has 1 amide bonds. The molecule has 1 aliphatic heterocycles. The van der Waals surface area contributed by atoms with Crippen molar-refractivity contribution in [1.82, 2.24) is 4.90 Å². The van der Waals surface area contributed by atoms with Crippen LogP contribution in [0.25, 0.3) is 0 Å². The molecule has 0 aromatic heterocycles. The van der Waals surface area contributed by atoms with Crippen LogP contribution in [0.4, 0.5) is 4.79 Å². The van der Waals surface area contributed by atoms with Crippen molar-refractivity contribution in [2.75, 3.05) is 12.3 Å². The van der Waals surface area contributed by atoms with Gasteiger partial charge < -0.3 is 9.64 Å². The Labute approximate surface area is 135 Å². The maximum absolute atomic E-state index is 12.1. The fourth-order valence-electron chi connectivity index (χ4n) is 2.67. The van der Waals surface area contributed by atoms with Crippen molar-refractivity contribution in [3.05, 3.63) is 35.9 Å². The summed E-state index contributed by atoms with van der Waals surface area (Å²) in [7, 11) is 1.74. The van der Waals surface area contributed by atoms with Crippen molar-refractivity contribution < 1.29 is 17.9 Å². The molecule has 1 heterocycles. The Hall–Kier alpha value is -1.27. The Kier molecular flexibility index (Phi) is 6.08. The topological polar surface area (TPSA) is 63.7 Å². The Bertz CT molecular complexity index is 591. The molecule has 0 N–H and O–H groups in total. The maximum atomic E-state index is 12.1. The van der Waals surface area contributed by atoms with Gasteiger partial charge in [0.15, 0.2) is 0 Å². The van der Waals surface area contributed by atoms with Gasteiger partial charge in [-0.25, -0.2) is 13.2 Å². The highest BCUT2D eigenvalue weighted by Gasteiger charge is 2.29. The molecule has 0 spiro atoms. The third-order valence-electron chi connectivity index (χ3n) is 3.74. The maximum Gasteiger partial charge on any atom is 0.410 e. The molecule has 1 saturated heterocycles. The van der Waals surface area contributed by atoms with Crippen LogP contribution < -0.4 is 0 Å². The van der Waals surface area contributed by atoms with Crippen LogP contribution in [0.3, 0.4) is 0 Å². The van der Waals surface area contributed by atoms with Gasteiger partial charge in [-0.1, -0.05) is 30.3 Å². The fourth-order valence-corrected chi connectivity index (χ4v) is 3.51. The van der Waals surface area contributed by atoms with Crippen molar-refractivity contribution in [3.8, 4) is 0 Å². The highest BCUT2D eigenvalue weighted by Crippen LogP contribution is 2.23. The van der Waals surface area contributed by atoms with Gasteiger partial charge in [0.25, 0.3) is 0 Å². The largest absolute Gasteiger partial charge is 0.445 e. The number of hydrogen-bond donors (Lipinski definition) is 0. The van der Waals surface area contributed by atoms with E-state index in [0.29, 0.717) is 19.4 Å². The molecule has 1 unspecified atom stereocenters. The Balaban J connectivity index is 1.80. The molecule has 22 heavy (non-hydrogen) atoms. The summed E-state index contributed by atoms with van der Waals surface area (Å²) >= 11 is 0. The quantitative estimate of drug-likeness (QED) is 0.743. The molecule has 122 valence electrons. The fraction of sp³-hybridized carbons (Fsp3) is 0.533. The number of rotatable bonds is 6. The van der Waals surface area contributed by atoms with E-state index in [4.69, 9.17) is 15.4 Å². The summed E-state index contributed by atoms with van der Waals surface area (Å²) in [4.78, 5) is 13.8. The van der Waals surface area contributed by atoms with E-state index in [1.54, 1.807) is 4.90 Å². The summed E-state index contributed by atoms with van der Waals surface area (Å²) < 4.78 is 27.2. The minimum atomic E-state index is -3.46. The van der Waals surface area contributed by atoms with Gasteiger partial charge in [0, 0.05) is 23.3 Å². The van der Waals surface area contributed by atoms with E-state index in [9.17, 15) is 13.2 Å². The lowest BCUT2D eigenvalue weighted by atomic mass is 10.1. The van der Waals surface area contributed by atoms with Gasteiger partial charge in [-0.15, -0.1) is 0 Å². The van der Waals surface area contributed by atoms with Crippen molar-refractivity contribution in [2.24, 2.45) is 0 Å². The number of carbonyl (C=O) groups excluding carboxylic acids is 1. The highest BCUT2D eigenvalue weighted by atomic mass is 35.7. The normalized spacial score (nSPS) is 18.4. The van der Waals surface area contributed by atoms with E-state index in [2.05, 4.69) is 0 Å². The molecular formula is C15H20ClNO4S. The van der Waals surface area contributed by atoms with Crippen LogP contribution in [0.5, 0.6) is 0 Å². The number of likely N-dealkylation sites (tertiary alicyclic amines) is 1. The second-order valence-electron chi connectivity index (χ2n) is 5.41. The zero-order valence-corrected chi connectivity index (χ0v) is 13.9. The van der Waals surface area contributed by atoms with Crippen LogP contribution in [0.1, 0.15) is 31.2 Å². The van der Waals surface area contributed by atoms with Gasteiger partial charge in [-0.2, -0.15) is 0 Å². The van der Waals surface area contributed by atoms with Crippen molar-refractivity contribution in [1.29, 1.82) is 0 Å². The van der Waals surface area contributed by atoms with E-state index in [0.717, 1.165) is 18.4 Å². The summed E-state index contributed by atoms with van der Waals surface area (Å²) in [6, 6.07) is 9.55. The molecule has 1 fully saturated rings. The number of halogens is 1. The first-order valence-electron chi connectivity index (χ1n) is 7.35. The Morgan fingerprint density at radius 1 is 1.32 bits per heavy atom. The summed E-state index contributed by atoms with van der Waals surface area (Å²) in [5.74, 6) is -0.0576. The van der Waals surface area contributed by atoms with E-state index >= 15 is 0 Å². The van der Waals surface area contributed by atoms with Crippen LogP contribution in [-0.4, -0.2) is 37.8 Å². The third kappa shape index (κ3) is 5.50. The zero-order valence-electron chi connectivity index (χ0n) is 12.3. The molecule has 0 radical (unpaired) electrons. The molecule has 2 rings (SSSR count). The van der Waals surface area contributed by atoms with Gasteiger partial charge in [0.2, 0.25) is 9.05 Å². The van der Waals surface area contributed by atoms with Gasteiger partial charge in [0.1, 0.15) is 6.61 Å².